The quantitative estimate of drug-likeness (QED) is 0.669. The Labute approximate surface area is 166 Å². The minimum Gasteiger partial charge on any atom is -0.469 e. The zero-order valence-electron chi connectivity index (χ0n) is 16.1. The van der Waals surface area contributed by atoms with Crippen LogP contribution < -0.4 is 0 Å². The molecule has 8 heteroatoms. The van der Waals surface area contributed by atoms with E-state index in [4.69, 9.17) is 9.47 Å². The fourth-order valence-electron chi connectivity index (χ4n) is 3.97. The lowest BCUT2D eigenvalue weighted by molar-refractivity contribution is -0.151. The lowest BCUT2D eigenvalue weighted by Gasteiger charge is -2.30. The molecule has 0 radical (unpaired) electrons. The number of esters is 2. The van der Waals surface area contributed by atoms with E-state index in [1.807, 2.05) is 30.3 Å². The number of rotatable bonds is 6. The smallest absolute Gasteiger partial charge is 0.310 e. The molecule has 1 aromatic carbocycles. The first-order chi connectivity index (χ1) is 13.4. The van der Waals surface area contributed by atoms with Crippen LogP contribution in [0.1, 0.15) is 37.7 Å². The third-order valence-corrected chi connectivity index (χ3v) is 8.06. The van der Waals surface area contributed by atoms with Gasteiger partial charge in [0.25, 0.3) is 0 Å². The summed E-state index contributed by atoms with van der Waals surface area (Å²) in [4.78, 5) is 24.0. The highest BCUT2D eigenvalue weighted by Gasteiger charge is 2.41. The van der Waals surface area contributed by atoms with Crippen LogP contribution in [0.3, 0.4) is 0 Å². The van der Waals surface area contributed by atoms with Crippen LogP contribution in [0.5, 0.6) is 0 Å². The number of ether oxygens (including phenoxy) is 2. The summed E-state index contributed by atoms with van der Waals surface area (Å²) in [6.07, 6.45) is 2.38. The van der Waals surface area contributed by atoms with Gasteiger partial charge in [0.1, 0.15) is 6.61 Å². The van der Waals surface area contributed by atoms with E-state index in [0.29, 0.717) is 38.6 Å². The standard InChI is InChI=1S/C20H27NO6S/c1-26-19(22)17-11-12-21(13-17)28(24,25)18-9-7-16(8-10-18)20(23)27-14-15-5-3-2-4-6-15/h2-6,16-18H,7-14H2,1H3/t16?,17-,18?/m1/s1. The average Bonchev–Trinajstić information content (AvgIpc) is 3.23. The molecule has 3 rings (SSSR count). The lowest BCUT2D eigenvalue weighted by atomic mass is 9.89. The van der Waals surface area contributed by atoms with Crippen molar-refractivity contribution in [2.45, 2.75) is 44.0 Å². The van der Waals surface area contributed by atoms with E-state index in [-0.39, 0.29) is 36.9 Å². The van der Waals surface area contributed by atoms with Gasteiger partial charge in [-0.1, -0.05) is 30.3 Å². The molecule has 1 heterocycles. The molecular formula is C20H27NO6S. The molecule has 2 aliphatic rings. The van der Waals surface area contributed by atoms with E-state index in [1.54, 1.807) is 0 Å². The molecule has 1 saturated carbocycles. The Morgan fingerprint density at radius 1 is 1.00 bits per heavy atom. The first-order valence-electron chi connectivity index (χ1n) is 9.69. The summed E-state index contributed by atoms with van der Waals surface area (Å²) in [6, 6.07) is 9.48. The Bertz CT molecular complexity index is 786. The maximum Gasteiger partial charge on any atom is 0.310 e. The van der Waals surface area contributed by atoms with Crippen molar-refractivity contribution in [3.05, 3.63) is 35.9 Å². The van der Waals surface area contributed by atoms with Crippen molar-refractivity contribution in [3.8, 4) is 0 Å². The zero-order valence-corrected chi connectivity index (χ0v) is 16.9. The van der Waals surface area contributed by atoms with Gasteiger partial charge in [-0.2, -0.15) is 0 Å². The van der Waals surface area contributed by atoms with Gasteiger partial charge in [-0.15, -0.1) is 0 Å². The number of nitrogens with zero attached hydrogens (tertiary/aromatic N) is 1. The monoisotopic (exact) mass is 409 g/mol. The summed E-state index contributed by atoms with van der Waals surface area (Å²) in [7, 11) is -2.15. The molecule has 0 amide bonds. The Morgan fingerprint density at radius 3 is 2.32 bits per heavy atom. The van der Waals surface area contributed by atoms with Crippen LogP contribution >= 0.6 is 0 Å². The molecule has 1 aliphatic carbocycles. The summed E-state index contributed by atoms with van der Waals surface area (Å²) < 4.78 is 37.3. The first kappa shape index (κ1) is 20.8. The maximum atomic E-state index is 12.9. The fourth-order valence-corrected chi connectivity index (χ4v) is 6.01. The van der Waals surface area contributed by atoms with E-state index < -0.39 is 15.3 Å². The molecular weight excluding hydrogens is 382 g/mol. The molecule has 2 fully saturated rings. The van der Waals surface area contributed by atoms with Crippen LogP contribution in [-0.4, -0.2) is 50.1 Å². The first-order valence-corrected chi connectivity index (χ1v) is 11.2. The lowest BCUT2D eigenvalue weighted by Crippen LogP contribution is -2.40. The summed E-state index contributed by atoms with van der Waals surface area (Å²) >= 11 is 0. The van der Waals surface area contributed by atoms with Crippen molar-refractivity contribution in [2.75, 3.05) is 20.2 Å². The molecule has 0 unspecified atom stereocenters. The number of benzene rings is 1. The molecule has 1 aliphatic heterocycles. The summed E-state index contributed by atoms with van der Waals surface area (Å²) in [6.45, 7) is 0.774. The van der Waals surface area contributed by atoms with Crippen molar-refractivity contribution in [3.63, 3.8) is 0 Å². The van der Waals surface area contributed by atoms with Gasteiger partial charge in [0, 0.05) is 13.1 Å². The number of hydrogen-bond donors (Lipinski definition) is 0. The number of methoxy groups -OCH3 is 1. The van der Waals surface area contributed by atoms with Crippen LogP contribution in [0.25, 0.3) is 0 Å². The molecule has 0 bridgehead atoms. The highest BCUT2D eigenvalue weighted by atomic mass is 32.2. The van der Waals surface area contributed by atoms with Crippen molar-refractivity contribution >= 4 is 22.0 Å². The minimum absolute atomic E-state index is 0.189. The highest BCUT2D eigenvalue weighted by Crippen LogP contribution is 2.33. The molecule has 7 nitrogen and oxygen atoms in total. The van der Waals surface area contributed by atoms with Crippen LogP contribution in [-0.2, 0) is 35.7 Å². The fraction of sp³-hybridized carbons (Fsp3) is 0.600. The molecule has 0 aromatic heterocycles. The Hall–Kier alpha value is -1.93. The van der Waals surface area contributed by atoms with E-state index in [1.165, 1.54) is 11.4 Å². The van der Waals surface area contributed by atoms with E-state index in [0.717, 1.165) is 5.56 Å². The van der Waals surface area contributed by atoms with Gasteiger partial charge in [-0.25, -0.2) is 12.7 Å². The summed E-state index contributed by atoms with van der Waals surface area (Å²) in [5.74, 6) is -1.25. The summed E-state index contributed by atoms with van der Waals surface area (Å²) in [5.41, 5.74) is 0.932. The van der Waals surface area contributed by atoms with Gasteiger partial charge < -0.3 is 9.47 Å². The van der Waals surface area contributed by atoms with Crippen molar-refractivity contribution in [1.82, 2.24) is 4.31 Å². The highest BCUT2D eigenvalue weighted by molar-refractivity contribution is 7.89. The molecule has 1 saturated heterocycles. The molecule has 1 atom stereocenters. The van der Waals surface area contributed by atoms with Gasteiger partial charge in [0.15, 0.2) is 0 Å². The van der Waals surface area contributed by atoms with Crippen LogP contribution in [0.15, 0.2) is 30.3 Å². The SMILES string of the molecule is COC(=O)[C@@H]1CCN(S(=O)(=O)C2CCC(C(=O)OCc3ccccc3)CC2)C1. The van der Waals surface area contributed by atoms with Crippen molar-refractivity contribution in [1.29, 1.82) is 0 Å². The molecule has 28 heavy (non-hydrogen) atoms. The maximum absolute atomic E-state index is 12.9. The second kappa shape index (κ2) is 9.05. The molecule has 0 N–H and O–H groups in total. The molecule has 0 spiro atoms. The predicted octanol–water partition coefficient (Wildman–Crippen LogP) is 2.11. The predicted molar refractivity (Wildman–Crippen MR) is 103 cm³/mol. The van der Waals surface area contributed by atoms with Crippen LogP contribution in [0.4, 0.5) is 0 Å². The van der Waals surface area contributed by atoms with E-state index in [2.05, 4.69) is 0 Å². The Kier molecular flexibility index (Phi) is 6.72. The molecule has 154 valence electrons. The van der Waals surface area contributed by atoms with Crippen LogP contribution in [0.2, 0.25) is 0 Å². The number of carbonyl (C=O) groups is 2. The van der Waals surface area contributed by atoms with E-state index in [9.17, 15) is 18.0 Å². The second-order valence-electron chi connectivity index (χ2n) is 7.48. The Balaban J connectivity index is 1.49. The van der Waals surface area contributed by atoms with Gasteiger partial charge in [0.2, 0.25) is 10.0 Å². The van der Waals surface area contributed by atoms with Gasteiger partial charge >= 0.3 is 11.9 Å². The third kappa shape index (κ3) is 4.72. The number of hydrogen-bond acceptors (Lipinski definition) is 6. The second-order valence-corrected chi connectivity index (χ2v) is 9.69. The zero-order chi connectivity index (χ0) is 20.1. The average molecular weight is 410 g/mol. The topological polar surface area (TPSA) is 90.0 Å². The normalized spacial score (nSPS) is 26.0. The minimum atomic E-state index is -3.47. The van der Waals surface area contributed by atoms with E-state index >= 15 is 0 Å². The van der Waals surface area contributed by atoms with Crippen molar-refractivity contribution < 1.29 is 27.5 Å². The van der Waals surface area contributed by atoms with Gasteiger partial charge in [-0.05, 0) is 37.7 Å². The number of carbonyl (C=O) groups excluding carboxylic acids is 2. The summed E-state index contributed by atoms with van der Waals surface area (Å²) in [5, 5.41) is -0.498. The van der Waals surface area contributed by atoms with Gasteiger partial charge in [-0.3, -0.25) is 9.59 Å². The molecule has 1 aromatic rings. The van der Waals surface area contributed by atoms with Gasteiger partial charge in [0.05, 0.1) is 24.2 Å². The van der Waals surface area contributed by atoms with Crippen molar-refractivity contribution in [2.24, 2.45) is 11.8 Å². The van der Waals surface area contributed by atoms with Crippen LogP contribution in [0, 0.1) is 11.8 Å². The Morgan fingerprint density at radius 2 is 1.68 bits per heavy atom. The third-order valence-electron chi connectivity index (χ3n) is 5.70. The number of sulfonamides is 1. The largest absolute Gasteiger partial charge is 0.469 e.